The maximum Gasteiger partial charge on any atom is 0.0578 e. The molecule has 0 amide bonds. The second-order valence-electron chi connectivity index (χ2n) is 6.95. The molecule has 26 heavy (non-hydrogen) atoms. The van der Waals surface area contributed by atoms with E-state index < -0.39 is 0 Å². The van der Waals surface area contributed by atoms with Gasteiger partial charge in [0.15, 0.2) is 0 Å². The molecule has 0 aliphatic heterocycles. The lowest BCUT2D eigenvalue weighted by Crippen LogP contribution is -2.26. The molecule has 4 aromatic carbocycles. The van der Waals surface area contributed by atoms with Crippen LogP contribution in [0.1, 0.15) is 37.1 Å². The van der Waals surface area contributed by atoms with E-state index in [4.69, 9.17) is 0 Å². The third-order valence-electron chi connectivity index (χ3n) is 5.31. The van der Waals surface area contributed by atoms with E-state index in [1.807, 2.05) is 38.1 Å². The number of fused-ring (bicyclic) bond motifs is 2. The summed E-state index contributed by atoms with van der Waals surface area (Å²) in [6.45, 7) is 4.09. The van der Waals surface area contributed by atoms with Crippen molar-refractivity contribution in [3.05, 3.63) is 96.1 Å². The monoisotopic (exact) mass is 341 g/mol. The van der Waals surface area contributed by atoms with E-state index in [9.17, 15) is 5.21 Å². The Morgan fingerprint density at radius 3 is 1.38 bits per heavy atom. The van der Waals surface area contributed by atoms with E-state index in [0.717, 1.165) is 11.1 Å². The Kier molecular flexibility index (Phi) is 4.46. The minimum atomic E-state index is -0.0962. The number of rotatable bonds is 4. The number of hydrogen-bond donors (Lipinski definition) is 1. The lowest BCUT2D eigenvalue weighted by molar-refractivity contribution is -0.155. The molecular weight excluding hydrogens is 318 g/mol. The fourth-order valence-corrected chi connectivity index (χ4v) is 3.58. The number of hydrogen-bond acceptors (Lipinski definition) is 2. The van der Waals surface area contributed by atoms with Crippen molar-refractivity contribution in [2.75, 3.05) is 0 Å². The summed E-state index contributed by atoms with van der Waals surface area (Å²) in [6, 6.07) is 29.2. The van der Waals surface area contributed by atoms with Crippen molar-refractivity contribution in [2.24, 2.45) is 0 Å². The Bertz CT molecular complexity index is 971. The quantitative estimate of drug-likeness (QED) is 0.428. The van der Waals surface area contributed by atoms with E-state index in [2.05, 4.69) is 60.7 Å². The highest BCUT2D eigenvalue weighted by molar-refractivity contribution is 5.83. The van der Waals surface area contributed by atoms with Gasteiger partial charge in [-0.1, -0.05) is 72.8 Å². The van der Waals surface area contributed by atoms with Gasteiger partial charge in [-0.2, -0.15) is 5.06 Å². The first kappa shape index (κ1) is 16.8. The van der Waals surface area contributed by atoms with Crippen LogP contribution in [0.15, 0.2) is 84.9 Å². The van der Waals surface area contributed by atoms with Crippen LogP contribution in [0.5, 0.6) is 0 Å². The first-order valence-corrected chi connectivity index (χ1v) is 9.08. The molecule has 130 valence electrons. The molecule has 0 radical (unpaired) electrons. The van der Waals surface area contributed by atoms with Gasteiger partial charge in [0.2, 0.25) is 0 Å². The molecule has 1 unspecified atom stereocenters. The smallest absolute Gasteiger partial charge is 0.0578 e. The summed E-state index contributed by atoms with van der Waals surface area (Å²) in [6.07, 6.45) is 0. The van der Waals surface area contributed by atoms with Crippen LogP contribution in [0.3, 0.4) is 0 Å². The van der Waals surface area contributed by atoms with Crippen molar-refractivity contribution >= 4 is 21.5 Å². The molecule has 0 spiro atoms. The molecule has 0 bridgehead atoms. The van der Waals surface area contributed by atoms with Gasteiger partial charge in [0.05, 0.1) is 12.1 Å². The Morgan fingerprint density at radius 2 is 0.962 bits per heavy atom. The Hall–Kier alpha value is -2.68. The van der Waals surface area contributed by atoms with Gasteiger partial charge in [0.25, 0.3) is 0 Å². The fourth-order valence-electron chi connectivity index (χ4n) is 3.58. The molecular formula is C24H23NO. The molecule has 1 N–H and O–H groups in total. The van der Waals surface area contributed by atoms with Crippen molar-refractivity contribution < 1.29 is 5.21 Å². The molecule has 4 aromatic rings. The highest BCUT2D eigenvalue weighted by Crippen LogP contribution is 2.31. The summed E-state index contributed by atoms with van der Waals surface area (Å²) in [5.41, 5.74) is 2.22. The fraction of sp³-hybridized carbons (Fsp3) is 0.167. The van der Waals surface area contributed by atoms with Crippen LogP contribution in [0.4, 0.5) is 0 Å². The third kappa shape index (κ3) is 3.10. The van der Waals surface area contributed by atoms with Crippen molar-refractivity contribution in [2.45, 2.75) is 25.9 Å². The minimum absolute atomic E-state index is 0.0962. The van der Waals surface area contributed by atoms with Crippen LogP contribution in [0.25, 0.3) is 21.5 Å². The van der Waals surface area contributed by atoms with E-state index in [1.54, 1.807) is 0 Å². The van der Waals surface area contributed by atoms with E-state index in [0.29, 0.717) is 0 Å². The van der Waals surface area contributed by atoms with E-state index in [1.165, 1.54) is 26.6 Å². The van der Waals surface area contributed by atoms with Crippen LogP contribution in [0.2, 0.25) is 0 Å². The standard InChI is InChI=1S/C24H23NO/c1-17(21-13-11-19-7-3-5-9-23(19)15-21)25(26)18(2)22-14-12-20-8-4-6-10-24(20)16-22/h3-18,26H,1-2H3/t17-,18?/m1/s1. The third-order valence-corrected chi connectivity index (χ3v) is 5.31. The van der Waals surface area contributed by atoms with Gasteiger partial charge in [-0.3, -0.25) is 0 Å². The molecule has 2 nitrogen and oxygen atoms in total. The van der Waals surface area contributed by atoms with E-state index >= 15 is 0 Å². The average Bonchev–Trinajstić information content (AvgIpc) is 2.71. The van der Waals surface area contributed by atoms with Crippen LogP contribution in [-0.4, -0.2) is 10.3 Å². The Morgan fingerprint density at radius 1 is 0.577 bits per heavy atom. The largest absolute Gasteiger partial charge is 0.313 e. The van der Waals surface area contributed by atoms with Gasteiger partial charge in [0, 0.05) is 0 Å². The van der Waals surface area contributed by atoms with Crippen molar-refractivity contribution in [3.8, 4) is 0 Å². The predicted molar refractivity (Wildman–Crippen MR) is 108 cm³/mol. The number of benzene rings is 4. The molecule has 0 aromatic heterocycles. The molecule has 4 rings (SSSR count). The molecule has 0 saturated heterocycles. The van der Waals surface area contributed by atoms with Gasteiger partial charge in [-0.15, -0.1) is 0 Å². The molecule has 0 aliphatic rings. The van der Waals surface area contributed by atoms with Crippen molar-refractivity contribution in [1.29, 1.82) is 0 Å². The van der Waals surface area contributed by atoms with Crippen molar-refractivity contribution in [1.82, 2.24) is 5.06 Å². The second kappa shape index (κ2) is 6.91. The summed E-state index contributed by atoms with van der Waals surface area (Å²) in [4.78, 5) is 0. The van der Waals surface area contributed by atoms with Crippen LogP contribution < -0.4 is 0 Å². The molecule has 0 fully saturated rings. The summed E-state index contributed by atoms with van der Waals surface area (Å²) in [5.74, 6) is 0. The molecule has 0 heterocycles. The summed E-state index contributed by atoms with van der Waals surface area (Å²) in [7, 11) is 0. The average molecular weight is 341 g/mol. The van der Waals surface area contributed by atoms with Crippen LogP contribution in [0, 0.1) is 0 Å². The topological polar surface area (TPSA) is 23.5 Å². The minimum Gasteiger partial charge on any atom is -0.313 e. The molecule has 2 heteroatoms. The summed E-state index contributed by atoms with van der Waals surface area (Å²) < 4.78 is 0. The maximum absolute atomic E-state index is 10.9. The van der Waals surface area contributed by atoms with Crippen LogP contribution in [-0.2, 0) is 0 Å². The zero-order valence-electron chi connectivity index (χ0n) is 15.1. The van der Waals surface area contributed by atoms with Gasteiger partial charge in [-0.25, -0.2) is 0 Å². The highest BCUT2D eigenvalue weighted by atomic mass is 16.5. The number of hydroxylamine groups is 2. The zero-order valence-corrected chi connectivity index (χ0v) is 15.1. The van der Waals surface area contributed by atoms with Crippen molar-refractivity contribution in [3.63, 3.8) is 0 Å². The van der Waals surface area contributed by atoms with Gasteiger partial charge in [-0.05, 0) is 58.7 Å². The van der Waals surface area contributed by atoms with Gasteiger partial charge < -0.3 is 5.21 Å². The maximum atomic E-state index is 10.9. The molecule has 0 aliphatic carbocycles. The Labute approximate surface area is 154 Å². The molecule has 2 atom stereocenters. The Balaban J connectivity index is 1.62. The second-order valence-corrected chi connectivity index (χ2v) is 6.95. The van der Waals surface area contributed by atoms with Gasteiger partial charge >= 0.3 is 0 Å². The highest BCUT2D eigenvalue weighted by Gasteiger charge is 2.21. The first-order chi connectivity index (χ1) is 12.6. The van der Waals surface area contributed by atoms with E-state index in [-0.39, 0.29) is 12.1 Å². The zero-order chi connectivity index (χ0) is 18.1. The lowest BCUT2D eigenvalue weighted by Gasteiger charge is -2.29. The first-order valence-electron chi connectivity index (χ1n) is 9.08. The number of nitrogens with zero attached hydrogens (tertiary/aromatic N) is 1. The SMILES string of the molecule is CC(c1ccc2ccccc2c1)N(O)[C@H](C)c1ccc2ccccc2c1. The predicted octanol–water partition coefficient (Wildman–Crippen LogP) is 6.51. The summed E-state index contributed by atoms with van der Waals surface area (Å²) >= 11 is 0. The van der Waals surface area contributed by atoms with Gasteiger partial charge in [0.1, 0.15) is 0 Å². The molecule has 0 saturated carbocycles. The normalized spacial score (nSPS) is 14.0. The lowest BCUT2D eigenvalue weighted by atomic mass is 9.99. The summed E-state index contributed by atoms with van der Waals surface area (Å²) in [5, 5.41) is 17.2. The van der Waals surface area contributed by atoms with Crippen LogP contribution >= 0.6 is 0 Å².